The Hall–Kier alpha value is -1.43. The van der Waals surface area contributed by atoms with Crippen LogP contribution >= 0.6 is 27.3 Å². The molecule has 1 heterocycles. The molecule has 1 aromatic heterocycles. The first-order valence-electron chi connectivity index (χ1n) is 6.98. The van der Waals surface area contributed by atoms with E-state index in [9.17, 15) is 4.79 Å². The number of nitrogens with zero attached hydrogens (tertiary/aromatic N) is 1. The molecule has 0 aliphatic carbocycles. The molecule has 1 amide bonds. The molecule has 0 aliphatic heterocycles. The number of hydrogen-bond donors (Lipinski definition) is 1. The number of nitrogens with one attached hydrogen (secondary N) is 1. The molecule has 0 fully saturated rings. The van der Waals surface area contributed by atoms with Crippen LogP contribution in [-0.4, -0.2) is 31.4 Å². The number of rotatable bonds is 6. The summed E-state index contributed by atoms with van der Waals surface area (Å²) in [6.07, 6.45) is 3.42. The third-order valence-corrected chi connectivity index (χ3v) is 4.65. The van der Waals surface area contributed by atoms with E-state index in [1.807, 2.05) is 62.6 Å². The van der Waals surface area contributed by atoms with Crippen molar-refractivity contribution in [1.82, 2.24) is 10.2 Å². The topological polar surface area (TPSA) is 32.3 Å². The Kier molecular flexibility index (Phi) is 6.36. The molecular weight excluding hydrogens is 360 g/mol. The molecule has 0 radical (unpaired) electrons. The molecule has 0 spiro atoms. The Balaban J connectivity index is 2.03. The highest BCUT2D eigenvalue weighted by atomic mass is 79.9. The number of halogens is 1. The number of benzene rings is 1. The fraction of sp³-hybridized carbons (Fsp3) is 0.235. The molecule has 116 valence electrons. The van der Waals surface area contributed by atoms with Crippen LogP contribution in [0.15, 0.2) is 52.3 Å². The molecule has 2 rings (SSSR count). The lowest BCUT2D eigenvalue weighted by Crippen LogP contribution is -2.34. The van der Waals surface area contributed by atoms with Crippen molar-refractivity contribution in [2.24, 2.45) is 0 Å². The van der Waals surface area contributed by atoms with Gasteiger partial charge in [-0.25, -0.2) is 0 Å². The average molecular weight is 379 g/mol. The summed E-state index contributed by atoms with van der Waals surface area (Å²) in [6.45, 7) is 0.758. The van der Waals surface area contributed by atoms with Gasteiger partial charge in [-0.05, 0) is 53.8 Å². The van der Waals surface area contributed by atoms with Crippen LogP contribution in [0.2, 0.25) is 0 Å². The Morgan fingerprint density at radius 3 is 2.59 bits per heavy atom. The zero-order valence-corrected chi connectivity index (χ0v) is 15.0. The smallest absolute Gasteiger partial charge is 0.244 e. The van der Waals surface area contributed by atoms with Crippen molar-refractivity contribution in [3.8, 4) is 0 Å². The maximum atomic E-state index is 12.2. The van der Waals surface area contributed by atoms with E-state index in [2.05, 4.69) is 26.1 Å². The minimum atomic E-state index is -0.0831. The van der Waals surface area contributed by atoms with Gasteiger partial charge in [0.1, 0.15) is 0 Å². The van der Waals surface area contributed by atoms with Gasteiger partial charge in [0.25, 0.3) is 0 Å². The summed E-state index contributed by atoms with van der Waals surface area (Å²) in [5.74, 6) is -0.0831. The summed E-state index contributed by atoms with van der Waals surface area (Å²) >= 11 is 5.01. The number of carbonyl (C=O) groups excluding carboxylic acids is 1. The van der Waals surface area contributed by atoms with Crippen LogP contribution in [0.1, 0.15) is 16.5 Å². The standard InChI is InChI=1S/C17H19BrN2OS/c1-20(2)12-15(13-6-4-3-5-7-13)19-17(21)11-9-14-8-10-16(18)22-14/h3-11,15H,12H2,1-2H3,(H,19,21)/b11-9+/t15-/m0/s1. The van der Waals surface area contributed by atoms with Crippen molar-refractivity contribution in [2.45, 2.75) is 6.04 Å². The molecular formula is C17H19BrN2OS. The molecule has 1 N–H and O–H groups in total. The Labute approximate surface area is 143 Å². The quantitative estimate of drug-likeness (QED) is 0.771. The largest absolute Gasteiger partial charge is 0.344 e. The normalized spacial score (nSPS) is 12.7. The summed E-state index contributed by atoms with van der Waals surface area (Å²) in [5, 5.41) is 3.07. The molecule has 0 saturated carbocycles. The second kappa shape index (κ2) is 8.27. The average Bonchev–Trinajstić information content (AvgIpc) is 2.91. The third-order valence-electron chi connectivity index (χ3n) is 3.06. The highest BCUT2D eigenvalue weighted by Gasteiger charge is 2.13. The van der Waals surface area contributed by atoms with Gasteiger partial charge in [0, 0.05) is 17.5 Å². The van der Waals surface area contributed by atoms with Crippen LogP contribution in [0.5, 0.6) is 0 Å². The fourth-order valence-corrected chi connectivity index (χ4v) is 3.41. The fourth-order valence-electron chi connectivity index (χ4n) is 2.08. The van der Waals surface area contributed by atoms with Gasteiger partial charge in [0.15, 0.2) is 0 Å². The van der Waals surface area contributed by atoms with E-state index < -0.39 is 0 Å². The molecule has 1 atom stereocenters. The molecule has 2 aromatic rings. The van der Waals surface area contributed by atoms with Crippen molar-refractivity contribution in [3.63, 3.8) is 0 Å². The van der Waals surface area contributed by atoms with Crippen molar-refractivity contribution in [2.75, 3.05) is 20.6 Å². The highest BCUT2D eigenvalue weighted by molar-refractivity contribution is 9.11. The van der Waals surface area contributed by atoms with Crippen LogP contribution in [-0.2, 0) is 4.79 Å². The van der Waals surface area contributed by atoms with Crippen LogP contribution in [0.3, 0.4) is 0 Å². The van der Waals surface area contributed by atoms with Crippen molar-refractivity contribution in [1.29, 1.82) is 0 Å². The summed E-state index contributed by atoms with van der Waals surface area (Å²) in [4.78, 5) is 15.3. The summed E-state index contributed by atoms with van der Waals surface area (Å²) in [7, 11) is 4.00. The molecule has 0 saturated heterocycles. The monoisotopic (exact) mass is 378 g/mol. The van der Waals surface area contributed by atoms with E-state index in [1.165, 1.54) is 0 Å². The van der Waals surface area contributed by atoms with Crippen LogP contribution < -0.4 is 5.32 Å². The molecule has 0 unspecified atom stereocenters. The van der Waals surface area contributed by atoms with Crippen LogP contribution in [0, 0.1) is 0 Å². The van der Waals surface area contributed by atoms with Gasteiger partial charge >= 0.3 is 0 Å². The maximum Gasteiger partial charge on any atom is 0.244 e. The minimum Gasteiger partial charge on any atom is -0.344 e. The van der Waals surface area contributed by atoms with Crippen LogP contribution in [0.25, 0.3) is 6.08 Å². The predicted octanol–water partition coefficient (Wildman–Crippen LogP) is 3.94. The van der Waals surface area contributed by atoms with E-state index in [4.69, 9.17) is 0 Å². The molecule has 3 nitrogen and oxygen atoms in total. The van der Waals surface area contributed by atoms with E-state index in [1.54, 1.807) is 17.4 Å². The number of hydrogen-bond acceptors (Lipinski definition) is 3. The lowest BCUT2D eigenvalue weighted by atomic mass is 10.1. The van der Waals surface area contributed by atoms with Crippen LogP contribution in [0.4, 0.5) is 0 Å². The Morgan fingerprint density at radius 2 is 2.00 bits per heavy atom. The number of thiophene rings is 1. The first-order valence-corrected chi connectivity index (χ1v) is 8.59. The number of carbonyl (C=O) groups is 1. The van der Waals surface area contributed by atoms with Gasteiger partial charge in [-0.1, -0.05) is 30.3 Å². The third kappa shape index (κ3) is 5.40. The number of likely N-dealkylation sites (N-methyl/N-ethyl adjacent to an activating group) is 1. The molecule has 22 heavy (non-hydrogen) atoms. The summed E-state index contributed by atoms with van der Waals surface area (Å²) < 4.78 is 1.06. The second-order valence-corrected chi connectivity index (χ2v) is 7.70. The first-order chi connectivity index (χ1) is 10.5. The summed E-state index contributed by atoms with van der Waals surface area (Å²) in [6, 6.07) is 14.0. The SMILES string of the molecule is CN(C)C[C@H](NC(=O)/C=C/c1ccc(Br)s1)c1ccccc1. The minimum absolute atomic E-state index is 0.0246. The zero-order chi connectivity index (χ0) is 15.9. The van der Waals surface area contributed by atoms with Crippen molar-refractivity contribution in [3.05, 3.63) is 62.8 Å². The second-order valence-electron chi connectivity index (χ2n) is 5.21. The summed E-state index contributed by atoms with van der Waals surface area (Å²) in [5.41, 5.74) is 1.11. The van der Waals surface area contributed by atoms with Crippen molar-refractivity contribution >= 4 is 39.2 Å². The molecule has 0 bridgehead atoms. The molecule has 1 aromatic carbocycles. The van der Waals surface area contributed by atoms with Crippen molar-refractivity contribution < 1.29 is 4.79 Å². The lowest BCUT2D eigenvalue weighted by molar-refractivity contribution is -0.117. The van der Waals surface area contributed by atoms with E-state index in [0.717, 1.165) is 20.8 Å². The maximum absolute atomic E-state index is 12.2. The Bertz CT molecular complexity index is 637. The van der Waals surface area contributed by atoms with Gasteiger partial charge in [0.05, 0.1) is 9.83 Å². The lowest BCUT2D eigenvalue weighted by Gasteiger charge is -2.22. The highest BCUT2D eigenvalue weighted by Crippen LogP contribution is 2.23. The van der Waals surface area contributed by atoms with Gasteiger partial charge < -0.3 is 10.2 Å². The molecule has 5 heteroatoms. The zero-order valence-electron chi connectivity index (χ0n) is 12.6. The van der Waals surface area contributed by atoms with Gasteiger partial charge in [0.2, 0.25) is 5.91 Å². The van der Waals surface area contributed by atoms with E-state index >= 15 is 0 Å². The predicted molar refractivity (Wildman–Crippen MR) is 96.9 cm³/mol. The first kappa shape index (κ1) is 16.9. The van der Waals surface area contributed by atoms with E-state index in [0.29, 0.717) is 0 Å². The van der Waals surface area contributed by atoms with Gasteiger partial charge in [-0.15, -0.1) is 11.3 Å². The number of amides is 1. The van der Waals surface area contributed by atoms with E-state index in [-0.39, 0.29) is 11.9 Å². The van der Waals surface area contributed by atoms with Gasteiger partial charge in [-0.2, -0.15) is 0 Å². The molecule has 0 aliphatic rings. The Morgan fingerprint density at radius 1 is 1.27 bits per heavy atom. The van der Waals surface area contributed by atoms with Gasteiger partial charge in [-0.3, -0.25) is 4.79 Å².